The third-order valence-corrected chi connectivity index (χ3v) is 5.00. The molecule has 1 aliphatic rings. The number of aromatic nitrogens is 2. The van der Waals surface area contributed by atoms with Crippen LogP contribution in [-0.4, -0.2) is 40.3 Å². The molecular formula is C23H20N2O7. The highest BCUT2D eigenvalue weighted by Gasteiger charge is 2.40. The first-order chi connectivity index (χ1) is 15.5. The van der Waals surface area contributed by atoms with Crippen LogP contribution in [0.2, 0.25) is 0 Å². The fourth-order valence-electron chi connectivity index (χ4n) is 3.39. The first-order valence-corrected chi connectivity index (χ1v) is 9.96. The van der Waals surface area contributed by atoms with Gasteiger partial charge in [-0.1, -0.05) is 36.4 Å². The minimum atomic E-state index is -0.812. The second kappa shape index (κ2) is 9.44. The number of ether oxygens (including phenoxy) is 3. The SMILES string of the molecule is O=C(OC[C@@H]1O[C@H](n2ccc(=O)[nH]c2=O)C[C@@H]1OC(=O)c1ccccc1)c1ccccc1. The van der Waals surface area contributed by atoms with Crippen molar-refractivity contribution in [1.82, 2.24) is 9.55 Å². The lowest BCUT2D eigenvalue weighted by Crippen LogP contribution is -2.32. The lowest BCUT2D eigenvalue weighted by atomic mass is 10.1. The monoisotopic (exact) mass is 436 g/mol. The van der Waals surface area contributed by atoms with Gasteiger partial charge in [0.1, 0.15) is 25.0 Å². The predicted octanol–water partition coefficient (Wildman–Crippen LogP) is 1.91. The van der Waals surface area contributed by atoms with Crippen LogP contribution >= 0.6 is 0 Å². The van der Waals surface area contributed by atoms with Crippen LogP contribution < -0.4 is 11.2 Å². The van der Waals surface area contributed by atoms with Crippen molar-refractivity contribution in [1.29, 1.82) is 0 Å². The Morgan fingerprint density at radius 1 is 0.938 bits per heavy atom. The Morgan fingerprint density at radius 3 is 2.19 bits per heavy atom. The zero-order valence-corrected chi connectivity index (χ0v) is 16.9. The summed E-state index contributed by atoms with van der Waals surface area (Å²) >= 11 is 0. The first kappa shape index (κ1) is 21.3. The van der Waals surface area contributed by atoms with Crippen molar-refractivity contribution in [3.05, 3.63) is 105 Å². The molecule has 9 nitrogen and oxygen atoms in total. The highest BCUT2D eigenvalue weighted by molar-refractivity contribution is 5.90. The molecule has 3 atom stereocenters. The number of rotatable bonds is 6. The maximum Gasteiger partial charge on any atom is 0.338 e. The lowest BCUT2D eigenvalue weighted by molar-refractivity contribution is -0.0582. The Bertz CT molecular complexity index is 1200. The summed E-state index contributed by atoms with van der Waals surface area (Å²) in [5.41, 5.74) is -0.462. The molecule has 1 saturated heterocycles. The third-order valence-electron chi connectivity index (χ3n) is 5.00. The van der Waals surface area contributed by atoms with Gasteiger partial charge in [-0.15, -0.1) is 0 Å². The number of hydrogen-bond donors (Lipinski definition) is 1. The fourth-order valence-corrected chi connectivity index (χ4v) is 3.39. The van der Waals surface area contributed by atoms with E-state index in [-0.39, 0.29) is 13.0 Å². The van der Waals surface area contributed by atoms with E-state index in [0.717, 1.165) is 0 Å². The number of nitrogens with zero attached hydrogens (tertiary/aromatic N) is 1. The molecule has 0 saturated carbocycles. The van der Waals surface area contributed by atoms with Gasteiger partial charge < -0.3 is 14.2 Å². The van der Waals surface area contributed by atoms with Gasteiger partial charge >= 0.3 is 17.6 Å². The molecular weight excluding hydrogens is 416 g/mol. The van der Waals surface area contributed by atoms with Crippen LogP contribution in [0.4, 0.5) is 0 Å². The second-order valence-electron chi connectivity index (χ2n) is 7.16. The topological polar surface area (TPSA) is 117 Å². The predicted molar refractivity (Wildman–Crippen MR) is 112 cm³/mol. The van der Waals surface area contributed by atoms with E-state index in [9.17, 15) is 19.2 Å². The average molecular weight is 436 g/mol. The van der Waals surface area contributed by atoms with Gasteiger partial charge in [-0.2, -0.15) is 0 Å². The van der Waals surface area contributed by atoms with Crippen molar-refractivity contribution < 1.29 is 23.8 Å². The Kier molecular flexibility index (Phi) is 6.27. The Morgan fingerprint density at radius 2 is 1.56 bits per heavy atom. The van der Waals surface area contributed by atoms with E-state index in [4.69, 9.17) is 14.2 Å². The summed E-state index contributed by atoms with van der Waals surface area (Å²) in [4.78, 5) is 50.6. The third kappa shape index (κ3) is 4.84. The highest BCUT2D eigenvalue weighted by Crippen LogP contribution is 2.30. The summed E-state index contributed by atoms with van der Waals surface area (Å²) in [5, 5.41) is 0. The van der Waals surface area contributed by atoms with Crippen molar-refractivity contribution >= 4 is 11.9 Å². The molecule has 3 aromatic rings. The summed E-state index contributed by atoms with van der Waals surface area (Å²) in [7, 11) is 0. The van der Waals surface area contributed by atoms with Gasteiger partial charge in [-0.05, 0) is 24.3 Å². The van der Waals surface area contributed by atoms with Gasteiger partial charge in [0.15, 0.2) is 0 Å². The van der Waals surface area contributed by atoms with Crippen LogP contribution in [0.1, 0.15) is 33.4 Å². The van der Waals surface area contributed by atoms with E-state index >= 15 is 0 Å². The van der Waals surface area contributed by atoms with Crippen LogP contribution in [0.15, 0.2) is 82.5 Å². The molecule has 1 N–H and O–H groups in total. The zero-order valence-electron chi connectivity index (χ0n) is 16.9. The maximum atomic E-state index is 12.6. The van der Waals surface area contributed by atoms with Crippen molar-refractivity contribution in [2.75, 3.05) is 6.61 Å². The number of aromatic amines is 1. The van der Waals surface area contributed by atoms with Gasteiger partial charge in [0.2, 0.25) is 0 Å². The summed E-state index contributed by atoms with van der Waals surface area (Å²) in [6, 6.07) is 18.1. The van der Waals surface area contributed by atoms with Gasteiger partial charge in [-0.3, -0.25) is 14.3 Å². The fraction of sp³-hybridized carbons (Fsp3) is 0.217. The van der Waals surface area contributed by atoms with Crippen molar-refractivity contribution in [3.63, 3.8) is 0 Å². The Balaban J connectivity index is 1.51. The van der Waals surface area contributed by atoms with Gasteiger partial charge in [0, 0.05) is 18.7 Å². The molecule has 1 fully saturated rings. The van der Waals surface area contributed by atoms with E-state index in [0.29, 0.717) is 11.1 Å². The van der Waals surface area contributed by atoms with Crippen LogP contribution in [-0.2, 0) is 14.2 Å². The molecule has 164 valence electrons. The Hall–Kier alpha value is -3.98. The molecule has 0 unspecified atom stereocenters. The van der Waals surface area contributed by atoms with Gasteiger partial charge in [0.25, 0.3) is 5.56 Å². The molecule has 0 aliphatic carbocycles. The number of carbonyl (C=O) groups is 2. The van der Waals surface area contributed by atoms with Gasteiger partial charge in [-0.25, -0.2) is 14.4 Å². The largest absolute Gasteiger partial charge is 0.459 e. The molecule has 0 bridgehead atoms. The molecule has 1 aliphatic heterocycles. The Labute approximate surface area is 182 Å². The second-order valence-corrected chi connectivity index (χ2v) is 7.16. The first-order valence-electron chi connectivity index (χ1n) is 9.96. The zero-order chi connectivity index (χ0) is 22.5. The average Bonchev–Trinajstić information content (AvgIpc) is 3.20. The standard InChI is InChI=1S/C23H20N2O7/c26-19-11-12-25(23(29)24-19)20-13-17(32-22(28)16-9-5-2-6-10-16)18(31-20)14-30-21(27)15-7-3-1-4-8-15/h1-12,17-18,20H,13-14H2,(H,24,26,29)/t17-,18-,20-/m0/s1. The minimum absolute atomic E-state index is 0.137. The summed E-state index contributed by atoms with van der Waals surface area (Å²) in [5.74, 6) is -1.11. The molecule has 0 spiro atoms. The van der Waals surface area contributed by atoms with Crippen LogP contribution in [0, 0.1) is 0 Å². The molecule has 0 amide bonds. The molecule has 2 heterocycles. The number of esters is 2. The van der Waals surface area contributed by atoms with E-state index in [2.05, 4.69) is 4.98 Å². The number of nitrogens with one attached hydrogen (secondary N) is 1. The molecule has 4 rings (SSSR count). The number of benzene rings is 2. The van der Waals surface area contributed by atoms with Crippen LogP contribution in [0.3, 0.4) is 0 Å². The molecule has 32 heavy (non-hydrogen) atoms. The minimum Gasteiger partial charge on any atom is -0.459 e. The van der Waals surface area contributed by atoms with E-state index in [1.807, 2.05) is 0 Å². The van der Waals surface area contributed by atoms with Crippen LogP contribution in [0.25, 0.3) is 0 Å². The summed E-state index contributed by atoms with van der Waals surface area (Å²) < 4.78 is 18.1. The summed E-state index contributed by atoms with van der Waals surface area (Å²) in [6.07, 6.45) is -0.958. The van der Waals surface area contributed by atoms with Crippen LogP contribution in [0.5, 0.6) is 0 Å². The summed E-state index contributed by atoms with van der Waals surface area (Å²) in [6.45, 7) is -0.185. The highest BCUT2D eigenvalue weighted by atomic mass is 16.6. The van der Waals surface area contributed by atoms with E-state index in [1.54, 1.807) is 60.7 Å². The van der Waals surface area contributed by atoms with E-state index in [1.165, 1.54) is 16.8 Å². The number of hydrogen-bond acceptors (Lipinski definition) is 7. The van der Waals surface area contributed by atoms with Crippen molar-refractivity contribution in [2.45, 2.75) is 24.9 Å². The van der Waals surface area contributed by atoms with Crippen molar-refractivity contribution in [3.8, 4) is 0 Å². The van der Waals surface area contributed by atoms with E-state index < -0.39 is 41.6 Å². The molecule has 2 aromatic carbocycles. The maximum absolute atomic E-state index is 12.6. The molecule has 1 aromatic heterocycles. The van der Waals surface area contributed by atoms with Crippen molar-refractivity contribution in [2.24, 2.45) is 0 Å². The van der Waals surface area contributed by atoms with Gasteiger partial charge in [0.05, 0.1) is 11.1 Å². The number of carbonyl (C=O) groups excluding carboxylic acids is 2. The normalized spacial score (nSPS) is 19.9. The number of H-pyrrole nitrogens is 1. The molecule has 9 heteroatoms. The molecule has 0 radical (unpaired) electrons. The smallest absolute Gasteiger partial charge is 0.338 e. The lowest BCUT2D eigenvalue weighted by Gasteiger charge is -2.19. The quantitative estimate of drug-likeness (QED) is 0.587.